The smallest absolute Gasteiger partial charge is 0.123 e. The standard InChI is InChI=1S/C13H18FN/c1-13(2,3)9-4-5-10-8(6-9)7-11(14)12(10)15/h4-6,11-12H,7,15H2,1-3H3/t11-,12+/m1/s1. The summed E-state index contributed by atoms with van der Waals surface area (Å²) >= 11 is 0. The van der Waals surface area contributed by atoms with Crippen LogP contribution in [-0.2, 0) is 11.8 Å². The molecule has 0 aromatic heterocycles. The van der Waals surface area contributed by atoms with Gasteiger partial charge in [-0.3, -0.25) is 0 Å². The van der Waals surface area contributed by atoms with Crippen LogP contribution in [0.5, 0.6) is 0 Å². The molecule has 2 N–H and O–H groups in total. The molecule has 0 radical (unpaired) electrons. The molecular formula is C13H18FN. The summed E-state index contributed by atoms with van der Waals surface area (Å²) in [4.78, 5) is 0. The van der Waals surface area contributed by atoms with Crippen molar-refractivity contribution in [2.75, 3.05) is 0 Å². The average Bonchev–Trinajstić information content (AvgIpc) is 2.41. The zero-order valence-electron chi connectivity index (χ0n) is 9.55. The van der Waals surface area contributed by atoms with E-state index in [-0.39, 0.29) is 5.41 Å². The SMILES string of the molecule is CC(C)(C)c1ccc2c(c1)C[C@@H](F)[C@H]2N. The molecule has 0 unspecified atom stereocenters. The first-order chi connectivity index (χ1) is 6.89. The van der Waals surface area contributed by atoms with Gasteiger partial charge in [0.05, 0.1) is 6.04 Å². The number of fused-ring (bicyclic) bond motifs is 1. The van der Waals surface area contributed by atoms with E-state index in [4.69, 9.17) is 5.73 Å². The topological polar surface area (TPSA) is 26.0 Å². The summed E-state index contributed by atoms with van der Waals surface area (Å²) in [5, 5.41) is 0. The molecule has 2 atom stereocenters. The van der Waals surface area contributed by atoms with Gasteiger partial charge in [0.1, 0.15) is 6.17 Å². The molecule has 1 aromatic rings. The monoisotopic (exact) mass is 207 g/mol. The van der Waals surface area contributed by atoms with Crippen molar-refractivity contribution >= 4 is 0 Å². The summed E-state index contributed by atoms with van der Waals surface area (Å²) in [5.74, 6) is 0. The molecule has 0 spiro atoms. The first-order valence-electron chi connectivity index (χ1n) is 5.42. The highest BCUT2D eigenvalue weighted by Crippen LogP contribution is 2.34. The number of rotatable bonds is 0. The molecule has 1 aromatic carbocycles. The maximum Gasteiger partial charge on any atom is 0.123 e. The highest BCUT2D eigenvalue weighted by atomic mass is 19.1. The van der Waals surface area contributed by atoms with Crippen LogP contribution in [0, 0.1) is 0 Å². The molecule has 1 nitrogen and oxygen atoms in total. The molecule has 0 fully saturated rings. The summed E-state index contributed by atoms with van der Waals surface area (Å²) in [6.45, 7) is 6.49. The molecule has 0 saturated carbocycles. The normalized spacial score (nSPS) is 25.4. The van der Waals surface area contributed by atoms with Gasteiger partial charge in [-0.15, -0.1) is 0 Å². The Kier molecular flexibility index (Phi) is 2.34. The first kappa shape index (κ1) is 10.6. The van der Waals surface area contributed by atoms with Crippen molar-refractivity contribution in [3.63, 3.8) is 0 Å². The van der Waals surface area contributed by atoms with E-state index in [9.17, 15) is 4.39 Å². The molecular weight excluding hydrogens is 189 g/mol. The minimum Gasteiger partial charge on any atom is -0.322 e. The molecule has 1 aliphatic rings. The van der Waals surface area contributed by atoms with Crippen LogP contribution in [-0.4, -0.2) is 6.17 Å². The average molecular weight is 207 g/mol. The third kappa shape index (κ3) is 1.78. The number of benzene rings is 1. The Labute approximate surface area is 90.5 Å². The van der Waals surface area contributed by atoms with Gasteiger partial charge in [-0.1, -0.05) is 39.0 Å². The van der Waals surface area contributed by atoms with Gasteiger partial charge >= 0.3 is 0 Å². The van der Waals surface area contributed by atoms with Crippen LogP contribution in [0.4, 0.5) is 4.39 Å². The molecule has 0 heterocycles. The summed E-state index contributed by atoms with van der Waals surface area (Å²) in [5.41, 5.74) is 9.21. The minimum atomic E-state index is -0.907. The Bertz CT molecular complexity index is 379. The van der Waals surface area contributed by atoms with Crippen LogP contribution in [0.3, 0.4) is 0 Å². The van der Waals surface area contributed by atoms with Gasteiger partial charge in [-0.25, -0.2) is 4.39 Å². The Morgan fingerprint density at radius 3 is 2.60 bits per heavy atom. The molecule has 2 rings (SSSR count). The van der Waals surface area contributed by atoms with E-state index >= 15 is 0 Å². The van der Waals surface area contributed by atoms with Gasteiger partial charge < -0.3 is 5.73 Å². The highest BCUT2D eigenvalue weighted by Gasteiger charge is 2.30. The van der Waals surface area contributed by atoms with Crippen LogP contribution in [0.2, 0.25) is 0 Å². The molecule has 0 aliphatic heterocycles. The fourth-order valence-corrected chi connectivity index (χ4v) is 2.11. The summed E-state index contributed by atoms with van der Waals surface area (Å²) in [6, 6.07) is 5.74. The minimum absolute atomic E-state index is 0.119. The Hall–Kier alpha value is -0.890. The van der Waals surface area contributed by atoms with Crippen LogP contribution < -0.4 is 5.73 Å². The van der Waals surface area contributed by atoms with Crippen molar-refractivity contribution in [1.82, 2.24) is 0 Å². The van der Waals surface area contributed by atoms with Gasteiger partial charge in [-0.2, -0.15) is 0 Å². The van der Waals surface area contributed by atoms with Gasteiger partial charge in [0.25, 0.3) is 0 Å². The number of hydrogen-bond donors (Lipinski definition) is 1. The van der Waals surface area contributed by atoms with Crippen LogP contribution in [0.25, 0.3) is 0 Å². The number of halogens is 1. The molecule has 0 saturated heterocycles. The molecule has 0 bridgehead atoms. The predicted octanol–water partition coefficient (Wildman–Crippen LogP) is 2.88. The van der Waals surface area contributed by atoms with Crippen LogP contribution >= 0.6 is 0 Å². The number of nitrogens with two attached hydrogens (primary N) is 1. The van der Waals surface area contributed by atoms with Crippen molar-refractivity contribution < 1.29 is 4.39 Å². The van der Waals surface area contributed by atoms with Crippen molar-refractivity contribution in [3.8, 4) is 0 Å². The predicted molar refractivity (Wildman–Crippen MR) is 60.7 cm³/mol. The van der Waals surface area contributed by atoms with Crippen molar-refractivity contribution in [2.45, 2.75) is 44.8 Å². The first-order valence-corrected chi connectivity index (χ1v) is 5.42. The van der Waals surface area contributed by atoms with Crippen molar-refractivity contribution in [3.05, 3.63) is 34.9 Å². The van der Waals surface area contributed by atoms with Crippen molar-refractivity contribution in [1.29, 1.82) is 0 Å². The molecule has 15 heavy (non-hydrogen) atoms. The van der Waals surface area contributed by atoms with E-state index in [1.54, 1.807) is 0 Å². The van der Waals surface area contributed by atoms with E-state index in [2.05, 4.69) is 32.9 Å². The van der Waals surface area contributed by atoms with Crippen LogP contribution in [0.15, 0.2) is 18.2 Å². The fraction of sp³-hybridized carbons (Fsp3) is 0.538. The zero-order chi connectivity index (χ0) is 11.2. The third-order valence-electron chi connectivity index (χ3n) is 3.17. The van der Waals surface area contributed by atoms with Gasteiger partial charge in [-0.05, 0) is 22.1 Å². The lowest BCUT2D eigenvalue weighted by Crippen LogP contribution is -2.17. The number of alkyl halides is 1. The lowest BCUT2D eigenvalue weighted by molar-refractivity contribution is 0.303. The van der Waals surface area contributed by atoms with E-state index in [0.29, 0.717) is 6.42 Å². The Balaban J connectivity index is 2.42. The van der Waals surface area contributed by atoms with E-state index in [1.807, 2.05) is 6.07 Å². The maximum absolute atomic E-state index is 13.4. The second-order valence-electron chi connectivity index (χ2n) is 5.41. The largest absolute Gasteiger partial charge is 0.322 e. The summed E-state index contributed by atoms with van der Waals surface area (Å²) < 4.78 is 13.4. The van der Waals surface area contributed by atoms with Crippen molar-refractivity contribution in [2.24, 2.45) is 5.73 Å². The maximum atomic E-state index is 13.4. The summed E-state index contributed by atoms with van der Waals surface area (Å²) in [7, 11) is 0. The van der Waals surface area contributed by atoms with E-state index in [0.717, 1.165) is 11.1 Å². The molecule has 82 valence electrons. The van der Waals surface area contributed by atoms with E-state index in [1.165, 1.54) is 5.56 Å². The Morgan fingerprint density at radius 1 is 1.33 bits per heavy atom. The second kappa shape index (κ2) is 3.31. The molecule has 1 aliphatic carbocycles. The van der Waals surface area contributed by atoms with E-state index < -0.39 is 12.2 Å². The second-order valence-corrected chi connectivity index (χ2v) is 5.41. The van der Waals surface area contributed by atoms with Gasteiger partial charge in [0, 0.05) is 6.42 Å². The van der Waals surface area contributed by atoms with Gasteiger partial charge in [0.15, 0.2) is 0 Å². The lowest BCUT2D eigenvalue weighted by Gasteiger charge is -2.20. The molecule has 2 heteroatoms. The highest BCUT2D eigenvalue weighted by molar-refractivity contribution is 5.41. The lowest BCUT2D eigenvalue weighted by atomic mass is 9.85. The zero-order valence-corrected chi connectivity index (χ0v) is 9.55. The fourth-order valence-electron chi connectivity index (χ4n) is 2.11. The van der Waals surface area contributed by atoms with Gasteiger partial charge in [0.2, 0.25) is 0 Å². The summed E-state index contributed by atoms with van der Waals surface area (Å²) in [6.07, 6.45) is -0.435. The van der Waals surface area contributed by atoms with Crippen LogP contribution in [0.1, 0.15) is 43.5 Å². The quantitative estimate of drug-likeness (QED) is 0.695. The molecule has 0 amide bonds. The third-order valence-corrected chi connectivity index (χ3v) is 3.17. The number of hydrogen-bond acceptors (Lipinski definition) is 1. The Morgan fingerprint density at radius 2 is 2.00 bits per heavy atom.